The summed E-state index contributed by atoms with van der Waals surface area (Å²) in [6.07, 6.45) is 0.891. The molecule has 6 nitrogen and oxygen atoms in total. The van der Waals surface area contributed by atoms with Crippen LogP contribution in [0.2, 0.25) is 0 Å². The lowest BCUT2D eigenvalue weighted by molar-refractivity contribution is -0.385. The van der Waals surface area contributed by atoms with Crippen molar-refractivity contribution in [2.75, 3.05) is 0 Å². The zero-order valence-corrected chi connectivity index (χ0v) is 6.51. The van der Waals surface area contributed by atoms with E-state index >= 15 is 0 Å². The van der Waals surface area contributed by atoms with Crippen molar-refractivity contribution in [1.82, 2.24) is 4.98 Å². The largest absolute Gasteiger partial charge is 0.481 e. The van der Waals surface area contributed by atoms with E-state index in [4.69, 9.17) is 5.11 Å². The van der Waals surface area contributed by atoms with Crippen molar-refractivity contribution in [3.63, 3.8) is 0 Å². The van der Waals surface area contributed by atoms with E-state index in [0.29, 0.717) is 0 Å². The van der Waals surface area contributed by atoms with Crippen LogP contribution in [-0.2, 0) is 11.2 Å². The van der Waals surface area contributed by atoms with Crippen LogP contribution in [0.1, 0.15) is 5.69 Å². The van der Waals surface area contributed by atoms with Crippen LogP contribution in [0.15, 0.2) is 18.3 Å². The Hall–Kier alpha value is -1.98. The fraction of sp³-hybridized carbons (Fsp3) is 0.143. The van der Waals surface area contributed by atoms with Gasteiger partial charge >= 0.3 is 5.97 Å². The van der Waals surface area contributed by atoms with Crippen LogP contribution in [0.3, 0.4) is 0 Å². The standard InChI is InChI=1S/C7H6N2O4/c10-7(11)4-5-6(9(12)13)2-1-3-8-5/h1-3H,4H2,(H,10,11). The van der Waals surface area contributed by atoms with Gasteiger partial charge in [0.1, 0.15) is 5.69 Å². The number of rotatable bonds is 3. The van der Waals surface area contributed by atoms with E-state index in [-0.39, 0.29) is 11.4 Å². The van der Waals surface area contributed by atoms with Crippen molar-refractivity contribution < 1.29 is 14.8 Å². The van der Waals surface area contributed by atoms with Gasteiger partial charge in [-0.05, 0) is 6.07 Å². The van der Waals surface area contributed by atoms with Gasteiger partial charge in [-0.25, -0.2) is 0 Å². The van der Waals surface area contributed by atoms with Gasteiger partial charge in [0.2, 0.25) is 0 Å². The molecule has 1 N–H and O–H groups in total. The number of nitrogens with zero attached hydrogens (tertiary/aromatic N) is 2. The zero-order valence-electron chi connectivity index (χ0n) is 6.51. The van der Waals surface area contributed by atoms with Gasteiger partial charge in [0.25, 0.3) is 5.69 Å². The van der Waals surface area contributed by atoms with E-state index < -0.39 is 17.3 Å². The molecule has 1 heterocycles. The highest BCUT2D eigenvalue weighted by molar-refractivity contribution is 5.71. The number of pyridine rings is 1. The fourth-order valence-corrected chi connectivity index (χ4v) is 0.875. The van der Waals surface area contributed by atoms with Gasteiger partial charge < -0.3 is 5.11 Å². The van der Waals surface area contributed by atoms with E-state index in [1.807, 2.05) is 0 Å². The first-order chi connectivity index (χ1) is 6.11. The first-order valence-electron chi connectivity index (χ1n) is 3.41. The molecule has 0 spiro atoms. The van der Waals surface area contributed by atoms with Crippen molar-refractivity contribution in [2.45, 2.75) is 6.42 Å². The maximum absolute atomic E-state index is 10.4. The predicted molar refractivity (Wildman–Crippen MR) is 42.2 cm³/mol. The molecule has 1 rings (SSSR count). The Bertz CT molecular complexity index is 350. The lowest BCUT2D eigenvalue weighted by Crippen LogP contribution is -2.05. The summed E-state index contributed by atoms with van der Waals surface area (Å²) in [6, 6.07) is 2.62. The Morgan fingerprint density at radius 3 is 2.92 bits per heavy atom. The Balaban J connectivity index is 3.04. The molecular formula is C7H6N2O4. The Morgan fingerprint density at radius 1 is 1.69 bits per heavy atom. The van der Waals surface area contributed by atoms with E-state index in [9.17, 15) is 14.9 Å². The first-order valence-corrected chi connectivity index (χ1v) is 3.41. The van der Waals surface area contributed by atoms with Crippen LogP contribution >= 0.6 is 0 Å². The summed E-state index contributed by atoms with van der Waals surface area (Å²) < 4.78 is 0. The van der Waals surface area contributed by atoms with Gasteiger partial charge in [0.05, 0.1) is 11.3 Å². The molecule has 6 heteroatoms. The highest BCUT2D eigenvalue weighted by Crippen LogP contribution is 2.14. The summed E-state index contributed by atoms with van der Waals surface area (Å²) in [6.45, 7) is 0. The van der Waals surface area contributed by atoms with E-state index in [0.717, 1.165) is 0 Å². The number of carbonyl (C=O) groups is 1. The number of carboxylic acids is 1. The number of nitro groups is 1. The summed E-state index contributed by atoms with van der Waals surface area (Å²) in [7, 11) is 0. The second-order valence-electron chi connectivity index (χ2n) is 2.30. The molecule has 0 aliphatic heterocycles. The second-order valence-corrected chi connectivity index (χ2v) is 2.30. The quantitative estimate of drug-likeness (QED) is 0.546. The molecule has 0 aliphatic carbocycles. The molecule has 68 valence electrons. The molecule has 0 radical (unpaired) electrons. The Kier molecular flexibility index (Phi) is 2.53. The molecule has 0 bridgehead atoms. The van der Waals surface area contributed by atoms with Crippen LogP contribution in [0.25, 0.3) is 0 Å². The summed E-state index contributed by atoms with van der Waals surface area (Å²) >= 11 is 0. The van der Waals surface area contributed by atoms with E-state index in [1.165, 1.54) is 18.3 Å². The number of aliphatic carboxylic acids is 1. The smallest absolute Gasteiger partial charge is 0.309 e. The third-order valence-electron chi connectivity index (χ3n) is 1.38. The monoisotopic (exact) mass is 182 g/mol. The van der Waals surface area contributed by atoms with Gasteiger partial charge in [-0.1, -0.05) is 0 Å². The molecule has 0 saturated heterocycles. The Morgan fingerprint density at radius 2 is 2.38 bits per heavy atom. The third kappa shape index (κ3) is 2.22. The molecule has 0 fully saturated rings. The first kappa shape index (κ1) is 9.11. The second kappa shape index (κ2) is 3.61. The lowest BCUT2D eigenvalue weighted by atomic mass is 10.2. The SMILES string of the molecule is O=C(O)Cc1ncccc1[N+](=O)[O-]. The summed E-state index contributed by atoms with van der Waals surface area (Å²) in [5.41, 5.74) is -0.287. The number of hydrogen-bond acceptors (Lipinski definition) is 4. The minimum Gasteiger partial charge on any atom is -0.481 e. The maximum Gasteiger partial charge on any atom is 0.309 e. The molecule has 0 aliphatic rings. The molecule has 13 heavy (non-hydrogen) atoms. The van der Waals surface area contributed by atoms with Crippen LogP contribution < -0.4 is 0 Å². The van der Waals surface area contributed by atoms with E-state index in [1.54, 1.807) is 0 Å². The normalized spacial score (nSPS) is 9.54. The molecule has 1 aromatic heterocycles. The van der Waals surface area contributed by atoms with Gasteiger partial charge in [-0.2, -0.15) is 0 Å². The summed E-state index contributed by atoms with van der Waals surface area (Å²) in [5, 5.41) is 18.8. The van der Waals surface area contributed by atoms with Gasteiger partial charge in [-0.15, -0.1) is 0 Å². The highest BCUT2D eigenvalue weighted by Gasteiger charge is 2.15. The molecule has 1 aromatic rings. The highest BCUT2D eigenvalue weighted by atomic mass is 16.6. The molecule has 0 amide bonds. The topological polar surface area (TPSA) is 93.3 Å². The van der Waals surface area contributed by atoms with Crippen molar-refractivity contribution >= 4 is 11.7 Å². The van der Waals surface area contributed by atoms with Crippen molar-refractivity contribution in [3.05, 3.63) is 34.1 Å². The van der Waals surface area contributed by atoms with Crippen molar-refractivity contribution in [2.24, 2.45) is 0 Å². The average Bonchev–Trinajstić information content (AvgIpc) is 2.03. The summed E-state index contributed by atoms with van der Waals surface area (Å²) in [4.78, 5) is 23.6. The van der Waals surface area contributed by atoms with Crippen molar-refractivity contribution in [3.8, 4) is 0 Å². The number of hydrogen-bond donors (Lipinski definition) is 1. The molecule has 0 unspecified atom stereocenters. The predicted octanol–water partition coefficient (Wildman–Crippen LogP) is 0.617. The number of aromatic nitrogens is 1. The van der Waals surface area contributed by atoms with Crippen LogP contribution in [0, 0.1) is 10.1 Å². The molecule has 0 atom stereocenters. The lowest BCUT2D eigenvalue weighted by Gasteiger charge is -1.96. The Labute approximate surface area is 73.0 Å². The average molecular weight is 182 g/mol. The van der Waals surface area contributed by atoms with Crippen molar-refractivity contribution in [1.29, 1.82) is 0 Å². The maximum atomic E-state index is 10.4. The van der Waals surface area contributed by atoms with Gasteiger partial charge in [0.15, 0.2) is 0 Å². The number of carboxylic acid groups (broad SMARTS) is 1. The third-order valence-corrected chi connectivity index (χ3v) is 1.38. The minimum absolute atomic E-state index is 0.0278. The van der Waals surface area contributed by atoms with Crippen LogP contribution in [0.5, 0.6) is 0 Å². The fourth-order valence-electron chi connectivity index (χ4n) is 0.875. The molecule has 0 aromatic carbocycles. The summed E-state index contributed by atoms with van der Waals surface area (Å²) in [5.74, 6) is -1.14. The molecular weight excluding hydrogens is 176 g/mol. The van der Waals surface area contributed by atoms with Gasteiger partial charge in [-0.3, -0.25) is 19.9 Å². The van der Waals surface area contributed by atoms with E-state index in [2.05, 4.69) is 4.98 Å². The zero-order chi connectivity index (χ0) is 9.84. The van der Waals surface area contributed by atoms with Crippen LogP contribution in [0.4, 0.5) is 5.69 Å². The minimum atomic E-state index is -1.14. The van der Waals surface area contributed by atoms with Gasteiger partial charge in [0, 0.05) is 12.3 Å². The van der Waals surface area contributed by atoms with Crippen LogP contribution in [-0.4, -0.2) is 21.0 Å². The molecule has 0 saturated carbocycles.